The van der Waals surface area contributed by atoms with Crippen molar-refractivity contribution in [1.29, 1.82) is 0 Å². The zero-order valence-electron chi connectivity index (χ0n) is 19.0. The number of aryl methyl sites for hydroxylation is 2. The molecule has 0 aliphatic carbocycles. The minimum Gasteiger partial charge on any atom is -0.267 e. The number of carbonyl (C=O) groups is 2. The molecular formula is C23H19N7O6. The third-order valence-electron chi connectivity index (χ3n) is 4.86. The summed E-state index contributed by atoms with van der Waals surface area (Å²) >= 11 is 0. The van der Waals surface area contributed by atoms with Gasteiger partial charge in [0.1, 0.15) is 0 Å². The van der Waals surface area contributed by atoms with Crippen LogP contribution in [0.3, 0.4) is 0 Å². The molecular weight excluding hydrogens is 470 g/mol. The van der Waals surface area contributed by atoms with Crippen molar-refractivity contribution in [2.45, 2.75) is 13.8 Å². The molecule has 3 aromatic rings. The van der Waals surface area contributed by atoms with Gasteiger partial charge in [-0.25, -0.2) is 10.9 Å². The van der Waals surface area contributed by atoms with E-state index < -0.39 is 21.7 Å². The number of nitro benzene ring substituents is 2. The predicted octanol–water partition coefficient (Wildman–Crippen LogP) is 3.04. The van der Waals surface area contributed by atoms with Gasteiger partial charge in [-0.3, -0.25) is 34.8 Å². The summed E-state index contributed by atoms with van der Waals surface area (Å²) < 4.78 is 0. The maximum absolute atomic E-state index is 12.6. The van der Waals surface area contributed by atoms with Crippen molar-refractivity contribution >= 4 is 35.6 Å². The standard InChI is InChI=1S/C23H19N7O6/c1-14-20(22(31)27-24-12-16-3-7-18(8-4-16)29(33)34)11-21(15(2)26-14)23(32)28-25-13-17-5-9-19(10-6-17)30(35)36/h3-13H,1-2H3,(H,27,31)(H,28,32). The van der Waals surface area contributed by atoms with Gasteiger partial charge >= 0.3 is 0 Å². The van der Waals surface area contributed by atoms with Crippen LogP contribution in [-0.2, 0) is 0 Å². The molecule has 0 unspecified atom stereocenters. The lowest BCUT2D eigenvalue weighted by Crippen LogP contribution is -2.23. The number of non-ortho nitro benzene ring substituents is 2. The number of amides is 2. The molecule has 0 aliphatic rings. The fourth-order valence-electron chi connectivity index (χ4n) is 3.00. The summed E-state index contributed by atoms with van der Waals surface area (Å²) in [4.78, 5) is 49.8. The minimum absolute atomic E-state index is 0.0691. The van der Waals surface area contributed by atoms with Gasteiger partial charge in [0.25, 0.3) is 23.2 Å². The normalized spacial score (nSPS) is 10.9. The second kappa shape index (κ2) is 11.2. The second-order valence-corrected chi connectivity index (χ2v) is 7.35. The lowest BCUT2D eigenvalue weighted by molar-refractivity contribution is -0.385. The highest BCUT2D eigenvalue weighted by atomic mass is 16.6. The van der Waals surface area contributed by atoms with E-state index >= 15 is 0 Å². The van der Waals surface area contributed by atoms with Crippen molar-refractivity contribution < 1.29 is 19.4 Å². The lowest BCUT2D eigenvalue weighted by Gasteiger charge is -2.09. The summed E-state index contributed by atoms with van der Waals surface area (Å²) in [6, 6.07) is 12.5. The van der Waals surface area contributed by atoms with Crippen molar-refractivity contribution in [3.63, 3.8) is 0 Å². The predicted molar refractivity (Wildman–Crippen MR) is 130 cm³/mol. The molecule has 0 aliphatic heterocycles. The number of benzene rings is 2. The lowest BCUT2D eigenvalue weighted by atomic mass is 10.1. The van der Waals surface area contributed by atoms with E-state index in [0.717, 1.165) is 0 Å². The Balaban J connectivity index is 1.67. The molecule has 2 amide bonds. The van der Waals surface area contributed by atoms with Gasteiger partial charge in [0.15, 0.2) is 0 Å². The Bertz CT molecular complexity index is 1280. The summed E-state index contributed by atoms with van der Waals surface area (Å²) in [5, 5.41) is 29.1. The van der Waals surface area contributed by atoms with Crippen LogP contribution in [0.4, 0.5) is 11.4 Å². The molecule has 0 spiro atoms. The molecule has 36 heavy (non-hydrogen) atoms. The number of nitrogens with one attached hydrogen (secondary N) is 2. The fraction of sp³-hybridized carbons (Fsp3) is 0.0870. The van der Waals surface area contributed by atoms with Crippen LogP contribution in [0.15, 0.2) is 64.8 Å². The summed E-state index contributed by atoms with van der Waals surface area (Å²) in [6.45, 7) is 3.22. The Labute approximate surface area is 203 Å². The van der Waals surface area contributed by atoms with Crippen LogP contribution >= 0.6 is 0 Å². The third kappa shape index (κ3) is 6.38. The number of aromatic nitrogens is 1. The van der Waals surface area contributed by atoms with Crippen molar-refractivity contribution in [3.05, 3.63) is 108 Å². The number of carbonyl (C=O) groups excluding carboxylic acids is 2. The van der Waals surface area contributed by atoms with E-state index in [4.69, 9.17) is 0 Å². The van der Waals surface area contributed by atoms with Crippen LogP contribution in [-0.4, -0.2) is 39.1 Å². The minimum atomic E-state index is -0.610. The summed E-state index contributed by atoms with van der Waals surface area (Å²) in [7, 11) is 0. The number of pyridine rings is 1. The highest BCUT2D eigenvalue weighted by molar-refractivity contribution is 6.01. The Hall–Kier alpha value is -5.33. The Morgan fingerprint density at radius 2 is 1.11 bits per heavy atom. The molecule has 0 fully saturated rings. The molecule has 2 aromatic carbocycles. The van der Waals surface area contributed by atoms with Crippen LogP contribution in [0.5, 0.6) is 0 Å². The van der Waals surface area contributed by atoms with Gasteiger partial charge in [-0.2, -0.15) is 10.2 Å². The van der Waals surface area contributed by atoms with E-state index in [1.54, 1.807) is 13.8 Å². The molecule has 182 valence electrons. The number of rotatable bonds is 8. The largest absolute Gasteiger partial charge is 0.273 e. The van der Waals surface area contributed by atoms with Gasteiger partial charge in [-0.1, -0.05) is 0 Å². The average molecular weight is 489 g/mol. The van der Waals surface area contributed by atoms with Gasteiger partial charge in [-0.05, 0) is 55.3 Å². The Kier molecular flexibility index (Phi) is 7.87. The maximum atomic E-state index is 12.6. The number of nitro groups is 2. The Morgan fingerprint density at radius 3 is 1.44 bits per heavy atom. The van der Waals surface area contributed by atoms with Gasteiger partial charge in [0, 0.05) is 24.3 Å². The van der Waals surface area contributed by atoms with Gasteiger partial charge < -0.3 is 0 Å². The second-order valence-electron chi connectivity index (χ2n) is 7.35. The molecule has 1 heterocycles. The van der Waals surface area contributed by atoms with Gasteiger partial charge in [0.05, 0.1) is 44.8 Å². The number of hydrazone groups is 2. The van der Waals surface area contributed by atoms with Crippen molar-refractivity contribution in [3.8, 4) is 0 Å². The first-order valence-electron chi connectivity index (χ1n) is 10.3. The van der Waals surface area contributed by atoms with E-state index in [9.17, 15) is 29.8 Å². The zero-order chi connectivity index (χ0) is 26.2. The highest BCUT2D eigenvalue weighted by Gasteiger charge is 2.17. The first kappa shape index (κ1) is 25.3. The number of hydrogen-bond acceptors (Lipinski definition) is 9. The van der Waals surface area contributed by atoms with E-state index in [0.29, 0.717) is 22.5 Å². The first-order chi connectivity index (χ1) is 17.2. The van der Waals surface area contributed by atoms with Crippen molar-refractivity contribution in [2.75, 3.05) is 0 Å². The van der Waals surface area contributed by atoms with Crippen molar-refractivity contribution in [2.24, 2.45) is 10.2 Å². The molecule has 13 nitrogen and oxygen atoms in total. The van der Waals surface area contributed by atoms with Crippen LogP contribution in [0.2, 0.25) is 0 Å². The molecule has 0 saturated carbocycles. The molecule has 13 heteroatoms. The SMILES string of the molecule is Cc1nc(C)c(C(=O)NN=Cc2ccc([N+](=O)[O-])cc2)cc1C(=O)NN=Cc1ccc([N+](=O)[O-])cc1. The monoisotopic (exact) mass is 489 g/mol. The third-order valence-corrected chi connectivity index (χ3v) is 4.86. The average Bonchev–Trinajstić information content (AvgIpc) is 2.84. The molecule has 0 saturated heterocycles. The number of hydrogen-bond donors (Lipinski definition) is 2. The van der Waals surface area contributed by atoms with E-state index in [1.807, 2.05) is 0 Å². The first-order valence-corrected chi connectivity index (χ1v) is 10.3. The molecule has 0 radical (unpaired) electrons. The van der Waals surface area contributed by atoms with Gasteiger partial charge in [-0.15, -0.1) is 0 Å². The van der Waals surface area contributed by atoms with Crippen LogP contribution in [0.1, 0.15) is 43.2 Å². The van der Waals surface area contributed by atoms with E-state index in [2.05, 4.69) is 26.0 Å². The zero-order valence-corrected chi connectivity index (χ0v) is 19.0. The summed E-state index contributed by atoms with van der Waals surface area (Å²) in [5.74, 6) is -1.22. The van der Waals surface area contributed by atoms with E-state index in [1.165, 1.54) is 67.0 Å². The van der Waals surface area contributed by atoms with Gasteiger partial charge in [0.2, 0.25) is 0 Å². The topological polar surface area (TPSA) is 182 Å². The highest BCUT2D eigenvalue weighted by Crippen LogP contribution is 2.14. The van der Waals surface area contributed by atoms with Crippen LogP contribution < -0.4 is 10.9 Å². The molecule has 2 N–H and O–H groups in total. The molecule has 0 atom stereocenters. The smallest absolute Gasteiger partial charge is 0.267 e. The molecule has 0 bridgehead atoms. The molecule has 3 rings (SSSR count). The summed E-state index contributed by atoms with van der Waals surface area (Å²) in [5.41, 5.74) is 6.59. The van der Waals surface area contributed by atoms with Crippen LogP contribution in [0, 0.1) is 34.1 Å². The quantitative estimate of drug-likeness (QED) is 0.277. The van der Waals surface area contributed by atoms with Crippen molar-refractivity contribution in [1.82, 2.24) is 15.8 Å². The van der Waals surface area contributed by atoms with Crippen LogP contribution in [0.25, 0.3) is 0 Å². The summed E-state index contributed by atoms with van der Waals surface area (Å²) in [6.07, 6.45) is 2.64. The maximum Gasteiger partial charge on any atom is 0.273 e. The molecule has 1 aromatic heterocycles. The fourth-order valence-corrected chi connectivity index (χ4v) is 3.00. The number of nitrogens with zero attached hydrogens (tertiary/aromatic N) is 5. The Morgan fingerprint density at radius 1 is 0.750 bits per heavy atom. The van der Waals surface area contributed by atoms with E-state index in [-0.39, 0.29) is 22.5 Å².